The lowest BCUT2D eigenvalue weighted by atomic mass is 10.1. The first-order valence-electron chi connectivity index (χ1n) is 10.7. The van der Waals surface area contributed by atoms with Crippen molar-refractivity contribution in [2.45, 2.75) is 25.6 Å². The molecule has 1 aromatic rings. The number of ether oxygens (including phenoxy) is 1. The zero-order valence-electron chi connectivity index (χ0n) is 17.7. The number of nitrogens with zero attached hydrogens (tertiary/aromatic N) is 5. The lowest BCUT2D eigenvalue weighted by Gasteiger charge is -2.40. The molecule has 3 aliphatic heterocycles. The van der Waals surface area contributed by atoms with Gasteiger partial charge in [0, 0.05) is 39.8 Å². The maximum Gasteiger partial charge on any atom is 0.325 e. The van der Waals surface area contributed by atoms with Gasteiger partial charge in [0.05, 0.1) is 6.61 Å². The molecule has 2 atom stereocenters. The van der Waals surface area contributed by atoms with Crippen molar-refractivity contribution in [3.05, 3.63) is 30.3 Å². The van der Waals surface area contributed by atoms with Gasteiger partial charge in [0.25, 0.3) is 5.91 Å². The Hall–Kier alpha value is -2.81. The molecular weight excluding hydrogens is 384 g/mol. The van der Waals surface area contributed by atoms with E-state index in [1.54, 1.807) is 7.05 Å². The summed E-state index contributed by atoms with van der Waals surface area (Å²) in [5.74, 6) is 1.37. The van der Waals surface area contributed by atoms with Crippen LogP contribution in [0.4, 0.5) is 4.79 Å². The summed E-state index contributed by atoms with van der Waals surface area (Å²) in [5.41, 5.74) is 0. The SMILES string of the molecule is CCN1CCN(C2=NC3C(C(=O)NC(=O)N3C)N2CCCOc2ccccc2)CC1. The molecule has 3 aliphatic rings. The Balaban J connectivity index is 1.45. The highest BCUT2D eigenvalue weighted by atomic mass is 16.5. The number of guanidine groups is 1. The molecular formula is C21H30N6O3. The molecule has 9 heteroatoms. The van der Waals surface area contributed by atoms with Crippen molar-refractivity contribution in [2.24, 2.45) is 4.99 Å². The van der Waals surface area contributed by atoms with Crippen molar-refractivity contribution in [3.63, 3.8) is 0 Å². The van der Waals surface area contributed by atoms with Gasteiger partial charge in [-0.2, -0.15) is 0 Å². The number of amides is 3. The molecule has 9 nitrogen and oxygen atoms in total. The van der Waals surface area contributed by atoms with Gasteiger partial charge in [0.1, 0.15) is 5.75 Å². The van der Waals surface area contributed by atoms with Gasteiger partial charge in [0.2, 0.25) is 0 Å². The van der Waals surface area contributed by atoms with Gasteiger partial charge in [0.15, 0.2) is 18.2 Å². The summed E-state index contributed by atoms with van der Waals surface area (Å²) in [7, 11) is 1.69. The first kappa shape index (κ1) is 20.5. The monoisotopic (exact) mass is 414 g/mol. The average Bonchev–Trinajstić information content (AvgIpc) is 3.16. The molecule has 0 aliphatic carbocycles. The van der Waals surface area contributed by atoms with Gasteiger partial charge < -0.3 is 24.3 Å². The number of likely N-dealkylation sites (N-methyl/N-ethyl adjacent to an activating group) is 2. The molecule has 4 rings (SSSR count). The fourth-order valence-electron chi connectivity index (χ4n) is 4.22. The smallest absolute Gasteiger partial charge is 0.325 e. The van der Waals surface area contributed by atoms with Crippen molar-refractivity contribution >= 4 is 17.9 Å². The molecule has 2 unspecified atom stereocenters. The predicted octanol–water partition coefficient (Wildman–Crippen LogP) is 0.641. The van der Waals surface area contributed by atoms with Gasteiger partial charge in [-0.3, -0.25) is 10.1 Å². The minimum absolute atomic E-state index is 0.280. The highest BCUT2D eigenvalue weighted by molar-refractivity contribution is 6.03. The highest BCUT2D eigenvalue weighted by Gasteiger charge is 2.49. The lowest BCUT2D eigenvalue weighted by Crippen LogP contribution is -2.64. The summed E-state index contributed by atoms with van der Waals surface area (Å²) in [6.45, 7) is 8.05. The Labute approximate surface area is 177 Å². The van der Waals surface area contributed by atoms with Crippen LogP contribution in [0.15, 0.2) is 35.3 Å². The van der Waals surface area contributed by atoms with E-state index in [2.05, 4.69) is 26.9 Å². The van der Waals surface area contributed by atoms with Gasteiger partial charge in [-0.25, -0.2) is 9.79 Å². The highest BCUT2D eigenvalue weighted by Crippen LogP contribution is 2.26. The first-order valence-corrected chi connectivity index (χ1v) is 10.7. The zero-order chi connectivity index (χ0) is 21.1. The Bertz CT molecular complexity index is 793. The Kier molecular flexibility index (Phi) is 6.08. The number of hydrogen-bond donors (Lipinski definition) is 1. The Morgan fingerprint density at radius 1 is 1.13 bits per heavy atom. The van der Waals surface area contributed by atoms with E-state index in [0.717, 1.165) is 50.9 Å². The molecule has 0 saturated carbocycles. The van der Waals surface area contributed by atoms with E-state index in [-0.39, 0.29) is 5.91 Å². The normalized spacial score (nSPS) is 24.6. The number of urea groups is 1. The van der Waals surface area contributed by atoms with Crippen LogP contribution >= 0.6 is 0 Å². The minimum atomic E-state index is -0.497. The van der Waals surface area contributed by atoms with Crippen molar-refractivity contribution in [1.29, 1.82) is 0 Å². The third kappa shape index (κ3) is 4.07. The molecule has 0 bridgehead atoms. The molecule has 1 aromatic carbocycles. The maximum absolute atomic E-state index is 12.7. The lowest BCUT2D eigenvalue weighted by molar-refractivity contribution is -0.127. The topological polar surface area (TPSA) is 80.7 Å². The summed E-state index contributed by atoms with van der Waals surface area (Å²) in [6, 6.07) is 8.82. The predicted molar refractivity (Wildman–Crippen MR) is 113 cm³/mol. The second-order valence-electron chi connectivity index (χ2n) is 7.82. The zero-order valence-corrected chi connectivity index (χ0v) is 17.7. The van der Waals surface area contributed by atoms with Crippen molar-refractivity contribution in [1.82, 2.24) is 24.9 Å². The van der Waals surface area contributed by atoms with E-state index < -0.39 is 18.2 Å². The fraction of sp³-hybridized carbons (Fsp3) is 0.571. The summed E-state index contributed by atoms with van der Waals surface area (Å²) in [5, 5.41) is 2.46. The number of para-hydroxylation sites is 1. The molecule has 162 valence electrons. The fourth-order valence-corrected chi connectivity index (χ4v) is 4.22. The van der Waals surface area contributed by atoms with E-state index >= 15 is 0 Å². The first-order chi connectivity index (χ1) is 14.6. The summed E-state index contributed by atoms with van der Waals surface area (Å²) in [4.78, 5) is 37.9. The van der Waals surface area contributed by atoms with Gasteiger partial charge in [-0.05, 0) is 25.1 Å². The largest absolute Gasteiger partial charge is 0.494 e. The Morgan fingerprint density at radius 2 is 1.87 bits per heavy atom. The van der Waals surface area contributed by atoms with Crippen LogP contribution in [0, 0.1) is 0 Å². The van der Waals surface area contributed by atoms with Crippen molar-refractivity contribution in [2.75, 3.05) is 52.9 Å². The molecule has 2 fully saturated rings. The molecule has 0 radical (unpaired) electrons. The van der Waals surface area contributed by atoms with Crippen LogP contribution in [0.3, 0.4) is 0 Å². The number of carbonyl (C=O) groups is 2. The number of imide groups is 1. The molecule has 0 aromatic heterocycles. The van der Waals surface area contributed by atoms with Gasteiger partial charge in [-0.1, -0.05) is 25.1 Å². The number of hydrogen-bond acceptors (Lipinski definition) is 7. The number of benzene rings is 1. The molecule has 1 N–H and O–H groups in total. The standard InChI is InChI=1S/C21H30N6O3/c1-3-25-11-13-26(14-12-25)20-22-18-17(19(28)23-21(29)24(18)2)27(20)10-7-15-30-16-8-5-4-6-9-16/h4-6,8-9,17-18H,3,7,10-15H2,1-2H3,(H,23,28,29). The molecule has 0 spiro atoms. The van der Waals surface area contributed by atoms with Gasteiger partial charge in [-0.15, -0.1) is 0 Å². The molecule has 30 heavy (non-hydrogen) atoms. The van der Waals surface area contributed by atoms with Crippen LogP contribution in [0.25, 0.3) is 0 Å². The van der Waals surface area contributed by atoms with Crippen LogP contribution in [-0.4, -0.2) is 103 Å². The van der Waals surface area contributed by atoms with E-state index in [1.165, 1.54) is 4.90 Å². The van der Waals surface area contributed by atoms with E-state index in [9.17, 15) is 9.59 Å². The molecule has 2 saturated heterocycles. The van der Waals surface area contributed by atoms with E-state index in [1.807, 2.05) is 30.3 Å². The van der Waals surface area contributed by atoms with Crippen molar-refractivity contribution < 1.29 is 14.3 Å². The summed E-state index contributed by atoms with van der Waals surface area (Å²) < 4.78 is 5.82. The van der Waals surface area contributed by atoms with Crippen LogP contribution in [0.1, 0.15) is 13.3 Å². The maximum atomic E-state index is 12.7. The molecule has 3 amide bonds. The second-order valence-corrected chi connectivity index (χ2v) is 7.82. The number of fused-ring (bicyclic) bond motifs is 1. The number of piperazine rings is 1. The third-order valence-corrected chi connectivity index (χ3v) is 6.00. The number of carbonyl (C=O) groups excluding carboxylic acids is 2. The molecule has 3 heterocycles. The van der Waals surface area contributed by atoms with Crippen LogP contribution in [0.5, 0.6) is 5.75 Å². The second kappa shape index (κ2) is 8.91. The van der Waals surface area contributed by atoms with Crippen molar-refractivity contribution in [3.8, 4) is 5.75 Å². The summed E-state index contributed by atoms with van der Waals surface area (Å²) in [6.07, 6.45) is 0.261. The minimum Gasteiger partial charge on any atom is -0.494 e. The third-order valence-electron chi connectivity index (χ3n) is 6.00. The Morgan fingerprint density at radius 3 is 2.57 bits per heavy atom. The number of rotatable bonds is 6. The van der Waals surface area contributed by atoms with E-state index in [4.69, 9.17) is 9.73 Å². The summed E-state index contributed by atoms with van der Waals surface area (Å²) >= 11 is 0. The van der Waals surface area contributed by atoms with Crippen LogP contribution in [-0.2, 0) is 4.79 Å². The van der Waals surface area contributed by atoms with Crippen LogP contribution in [0.2, 0.25) is 0 Å². The van der Waals surface area contributed by atoms with Gasteiger partial charge >= 0.3 is 6.03 Å². The van der Waals surface area contributed by atoms with E-state index in [0.29, 0.717) is 13.2 Å². The van der Waals surface area contributed by atoms with Crippen LogP contribution < -0.4 is 10.1 Å². The quantitative estimate of drug-likeness (QED) is 0.689. The number of aliphatic imine (C=N–C) groups is 1. The average molecular weight is 415 g/mol. The number of nitrogens with one attached hydrogen (secondary N) is 1.